The third-order valence-electron chi connectivity index (χ3n) is 3.79. The first kappa shape index (κ1) is 16.7. The molecule has 4 heteroatoms. The zero-order valence-electron chi connectivity index (χ0n) is 13.8. The lowest BCUT2D eigenvalue weighted by Crippen LogP contribution is -2.30. The summed E-state index contributed by atoms with van der Waals surface area (Å²) in [6.45, 7) is 7.12. The summed E-state index contributed by atoms with van der Waals surface area (Å²) in [5.41, 5.74) is 3.11. The first-order chi connectivity index (χ1) is 10.9. The third-order valence-corrected chi connectivity index (χ3v) is 3.79. The molecule has 0 saturated heterocycles. The molecule has 1 N–H and O–H groups in total. The van der Waals surface area contributed by atoms with E-state index in [0.29, 0.717) is 17.0 Å². The normalized spacial score (nSPS) is 11.7. The standard InChI is InChI=1S/C19H21NO3/c1-12-8-7-11-18(13(12)2)23-15(4)19(22)20-17-10-6-5-9-16(17)14(3)21/h5-11,15H,1-4H3,(H,20,22). The molecule has 23 heavy (non-hydrogen) atoms. The Hall–Kier alpha value is -2.62. The van der Waals surface area contributed by atoms with Crippen molar-refractivity contribution in [2.45, 2.75) is 33.8 Å². The highest BCUT2D eigenvalue weighted by Crippen LogP contribution is 2.22. The van der Waals surface area contributed by atoms with Crippen LogP contribution in [-0.4, -0.2) is 17.8 Å². The van der Waals surface area contributed by atoms with Gasteiger partial charge in [0.15, 0.2) is 11.9 Å². The molecule has 0 fully saturated rings. The summed E-state index contributed by atoms with van der Waals surface area (Å²) < 4.78 is 5.76. The van der Waals surface area contributed by atoms with E-state index < -0.39 is 6.10 Å². The number of aryl methyl sites for hydroxylation is 1. The molecule has 0 bridgehead atoms. The second-order valence-electron chi connectivity index (χ2n) is 5.55. The second-order valence-corrected chi connectivity index (χ2v) is 5.55. The van der Waals surface area contributed by atoms with Crippen LogP contribution in [0.5, 0.6) is 5.75 Å². The number of benzene rings is 2. The smallest absolute Gasteiger partial charge is 0.265 e. The number of hydrogen-bond donors (Lipinski definition) is 1. The third kappa shape index (κ3) is 3.97. The van der Waals surface area contributed by atoms with Crippen molar-refractivity contribution >= 4 is 17.4 Å². The first-order valence-electron chi connectivity index (χ1n) is 7.54. The molecular formula is C19H21NO3. The fraction of sp³-hybridized carbons (Fsp3) is 0.263. The minimum Gasteiger partial charge on any atom is -0.481 e. The molecule has 2 aromatic carbocycles. The summed E-state index contributed by atoms with van der Waals surface area (Å²) in [5, 5.41) is 2.76. The summed E-state index contributed by atoms with van der Waals surface area (Å²) in [6, 6.07) is 12.7. The van der Waals surface area contributed by atoms with Gasteiger partial charge in [0, 0.05) is 5.56 Å². The summed E-state index contributed by atoms with van der Waals surface area (Å²) >= 11 is 0. The van der Waals surface area contributed by atoms with Crippen LogP contribution in [0.25, 0.3) is 0 Å². The largest absolute Gasteiger partial charge is 0.481 e. The van der Waals surface area contributed by atoms with Crippen molar-refractivity contribution in [2.24, 2.45) is 0 Å². The summed E-state index contributed by atoms with van der Waals surface area (Å²) in [4.78, 5) is 23.9. The van der Waals surface area contributed by atoms with Crippen LogP contribution in [0.3, 0.4) is 0 Å². The van der Waals surface area contributed by atoms with Gasteiger partial charge in [0.2, 0.25) is 0 Å². The van der Waals surface area contributed by atoms with Gasteiger partial charge in [-0.2, -0.15) is 0 Å². The Bertz CT molecular complexity index is 737. The number of hydrogen-bond acceptors (Lipinski definition) is 3. The van der Waals surface area contributed by atoms with E-state index in [1.165, 1.54) is 6.92 Å². The van der Waals surface area contributed by atoms with Gasteiger partial charge in [0.25, 0.3) is 5.91 Å². The van der Waals surface area contributed by atoms with Crippen molar-refractivity contribution in [2.75, 3.05) is 5.32 Å². The van der Waals surface area contributed by atoms with Crippen molar-refractivity contribution < 1.29 is 14.3 Å². The molecule has 0 spiro atoms. The highest BCUT2D eigenvalue weighted by Gasteiger charge is 2.18. The molecule has 0 aliphatic rings. The van der Waals surface area contributed by atoms with Gasteiger partial charge >= 0.3 is 0 Å². The van der Waals surface area contributed by atoms with E-state index >= 15 is 0 Å². The number of ether oxygens (including phenoxy) is 1. The molecule has 0 aliphatic heterocycles. The Morgan fingerprint density at radius 1 is 1.04 bits per heavy atom. The molecule has 0 aliphatic carbocycles. The average molecular weight is 311 g/mol. The van der Waals surface area contributed by atoms with E-state index in [9.17, 15) is 9.59 Å². The highest BCUT2D eigenvalue weighted by molar-refractivity contribution is 6.04. The predicted molar refractivity (Wildman–Crippen MR) is 91.1 cm³/mol. The number of ketones is 1. The fourth-order valence-electron chi connectivity index (χ4n) is 2.23. The minimum atomic E-state index is -0.671. The van der Waals surface area contributed by atoms with Crippen molar-refractivity contribution in [1.82, 2.24) is 0 Å². The van der Waals surface area contributed by atoms with E-state index in [0.717, 1.165) is 11.1 Å². The Morgan fingerprint density at radius 2 is 1.74 bits per heavy atom. The van der Waals surface area contributed by atoms with Gasteiger partial charge in [0.1, 0.15) is 5.75 Å². The lowest BCUT2D eigenvalue weighted by Gasteiger charge is -2.18. The maximum atomic E-state index is 12.3. The van der Waals surface area contributed by atoms with Gasteiger partial charge in [0.05, 0.1) is 5.69 Å². The molecule has 0 radical (unpaired) electrons. The van der Waals surface area contributed by atoms with Crippen molar-refractivity contribution in [1.29, 1.82) is 0 Å². The van der Waals surface area contributed by atoms with Crippen molar-refractivity contribution in [3.8, 4) is 5.75 Å². The second kappa shape index (κ2) is 7.09. The van der Waals surface area contributed by atoms with E-state index in [1.807, 2.05) is 32.0 Å². The molecule has 0 heterocycles. The van der Waals surface area contributed by atoms with Crippen LogP contribution in [0.4, 0.5) is 5.69 Å². The topological polar surface area (TPSA) is 55.4 Å². The number of Topliss-reactive ketones (excluding diaryl/α,β-unsaturated/α-hetero) is 1. The number of amides is 1. The lowest BCUT2D eigenvalue weighted by molar-refractivity contribution is -0.122. The number of para-hydroxylation sites is 1. The fourth-order valence-corrected chi connectivity index (χ4v) is 2.23. The van der Waals surface area contributed by atoms with Crippen LogP contribution < -0.4 is 10.1 Å². The Morgan fingerprint density at radius 3 is 2.43 bits per heavy atom. The maximum absolute atomic E-state index is 12.3. The molecule has 120 valence electrons. The number of nitrogens with one attached hydrogen (secondary N) is 1. The van der Waals surface area contributed by atoms with Crippen LogP contribution in [-0.2, 0) is 4.79 Å². The molecular weight excluding hydrogens is 290 g/mol. The Labute approximate surface area is 136 Å². The molecule has 2 rings (SSSR count). The van der Waals surface area contributed by atoms with Crippen LogP contribution in [0, 0.1) is 13.8 Å². The zero-order chi connectivity index (χ0) is 17.0. The predicted octanol–water partition coefficient (Wildman–Crippen LogP) is 3.91. The summed E-state index contributed by atoms with van der Waals surface area (Å²) in [6.07, 6.45) is -0.671. The Balaban J connectivity index is 2.12. The van der Waals surface area contributed by atoms with Crippen LogP contribution in [0.2, 0.25) is 0 Å². The first-order valence-corrected chi connectivity index (χ1v) is 7.54. The van der Waals surface area contributed by atoms with E-state index in [1.54, 1.807) is 31.2 Å². The van der Waals surface area contributed by atoms with Gasteiger partial charge < -0.3 is 10.1 Å². The molecule has 1 unspecified atom stereocenters. The molecule has 1 amide bonds. The van der Waals surface area contributed by atoms with E-state index in [2.05, 4.69) is 5.32 Å². The molecule has 0 aromatic heterocycles. The number of carbonyl (C=O) groups is 2. The summed E-state index contributed by atoms with van der Waals surface area (Å²) in [7, 11) is 0. The van der Waals surface area contributed by atoms with Crippen LogP contribution >= 0.6 is 0 Å². The van der Waals surface area contributed by atoms with Crippen LogP contribution in [0.1, 0.15) is 35.3 Å². The molecule has 0 saturated carbocycles. The maximum Gasteiger partial charge on any atom is 0.265 e. The number of anilines is 1. The zero-order valence-corrected chi connectivity index (χ0v) is 13.8. The quantitative estimate of drug-likeness (QED) is 0.852. The number of carbonyl (C=O) groups excluding carboxylic acids is 2. The molecule has 1 atom stereocenters. The van der Waals surface area contributed by atoms with Gasteiger partial charge in [-0.3, -0.25) is 9.59 Å². The minimum absolute atomic E-state index is 0.0935. The van der Waals surface area contributed by atoms with Crippen LogP contribution in [0.15, 0.2) is 42.5 Å². The average Bonchev–Trinajstić information content (AvgIpc) is 2.52. The van der Waals surface area contributed by atoms with E-state index in [4.69, 9.17) is 4.74 Å². The van der Waals surface area contributed by atoms with E-state index in [-0.39, 0.29) is 11.7 Å². The number of rotatable bonds is 5. The van der Waals surface area contributed by atoms with Gasteiger partial charge in [-0.1, -0.05) is 24.3 Å². The summed E-state index contributed by atoms with van der Waals surface area (Å²) in [5.74, 6) is 0.302. The lowest BCUT2D eigenvalue weighted by atomic mass is 10.1. The van der Waals surface area contributed by atoms with Gasteiger partial charge in [-0.25, -0.2) is 0 Å². The molecule has 2 aromatic rings. The van der Waals surface area contributed by atoms with Crippen molar-refractivity contribution in [3.05, 3.63) is 59.2 Å². The SMILES string of the molecule is CC(=O)c1ccccc1NC(=O)C(C)Oc1cccc(C)c1C. The molecule has 4 nitrogen and oxygen atoms in total. The van der Waals surface area contributed by atoms with Crippen molar-refractivity contribution in [3.63, 3.8) is 0 Å². The van der Waals surface area contributed by atoms with Gasteiger partial charge in [-0.15, -0.1) is 0 Å². The monoisotopic (exact) mass is 311 g/mol. The van der Waals surface area contributed by atoms with Gasteiger partial charge in [-0.05, 0) is 57.0 Å². The highest BCUT2D eigenvalue weighted by atomic mass is 16.5. The Kier molecular flexibility index (Phi) is 5.16.